The summed E-state index contributed by atoms with van der Waals surface area (Å²) in [6.45, 7) is 10.8. The first-order chi connectivity index (χ1) is 15.5. The molecule has 7 heteroatoms. The predicted octanol–water partition coefficient (Wildman–Crippen LogP) is 5.44. The van der Waals surface area contributed by atoms with Crippen molar-refractivity contribution in [3.8, 4) is 11.1 Å². The van der Waals surface area contributed by atoms with Gasteiger partial charge >= 0.3 is 12.0 Å². The van der Waals surface area contributed by atoms with E-state index < -0.39 is 17.6 Å². The molecule has 0 aliphatic heterocycles. The highest BCUT2D eigenvalue weighted by atomic mass is 32.2. The maximum atomic E-state index is 13.1. The minimum atomic E-state index is -0.799. The fourth-order valence-electron chi connectivity index (χ4n) is 3.24. The van der Waals surface area contributed by atoms with Gasteiger partial charge in [0.15, 0.2) is 5.12 Å². The second-order valence-corrected chi connectivity index (χ2v) is 10.2. The molecule has 2 atom stereocenters. The van der Waals surface area contributed by atoms with Gasteiger partial charge in [0.1, 0.15) is 11.6 Å². The number of carbonyl (C=O) groups is 3. The standard InChI is InChI=1S/C26H34N2O4S/c1-18(24(30)32-26(4,5)6)27-25(31)28(16-17-33-20(3)29)19(2)21-12-14-23(15-13-21)22-10-8-7-9-11-22/h7-15,18-19H,16-17H2,1-6H3,(H,27,31)/t18-,19?/m0/s1. The van der Waals surface area contributed by atoms with Gasteiger partial charge in [-0.25, -0.2) is 9.59 Å². The van der Waals surface area contributed by atoms with Crippen LogP contribution in [0.25, 0.3) is 11.1 Å². The number of hydrogen-bond acceptors (Lipinski definition) is 5. The fourth-order valence-corrected chi connectivity index (χ4v) is 3.82. The molecule has 1 unspecified atom stereocenters. The van der Waals surface area contributed by atoms with E-state index in [-0.39, 0.29) is 17.2 Å². The number of hydrogen-bond donors (Lipinski definition) is 1. The monoisotopic (exact) mass is 470 g/mol. The number of carbonyl (C=O) groups excluding carboxylic acids is 3. The van der Waals surface area contributed by atoms with Crippen molar-refractivity contribution < 1.29 is 19.1 Å². The number of nitrogens with one attached hydrogen (secondary N) is 1. The van der Waals surface area contributed by atoms with E-state index >= 15 is 0 Å². The number of amides is 2. The molecule has 0 saturated carbocycles. The lowest BCUT2D eigenvalue weighted by Gasteiger charge is -2.31. The Morgan fingerprint density at radius 1 is 0.970 bits per heavy atom. The highest BCUT2D eigenvalue weighted by Gasteiger charge is 2.27. The summed E-state index contributed by atoms with van der Waals surface area (Å²) < 4.78 is 5.37. The van der Waals surface area contributed by atoms with E-state index in [9.17, 15) is 14.4 Å². The number of nitrogens with zero attached hydrogens (tertiary/aromatic N) is 1. The Labute approximate surface area is 201 Å². The molecular weight excluding hydrogens is 436 g/mol. The molecule has 0 fully saturated rings. The van der Waals surface area contributed by atoms with Crippen LogP contribution in [-0.2, 0) is 14.3 Å². The van der Waals surface area contributed by atoms with Gasteiger partial charge in [0.05, 0.1) is 6.04 Å². The lowest BCUT2D eigenvalue weighted by atomic mass is 10.0. The molecule has 2 rings (SSSR count). The Morgan fingerprint density at radius 3 is 2.09 bits per heavy atom. The van der Waals surface area contributed by atoms with E-state index in [0.29, 0.717) is 12.3 Å². The molecule has 33 heavy (non-hydrogen) atoms. The van der Waals surface area contributed by atoms with Crippen LogP contribution in [0, 0.1) is 0 Å². The lowest BCUT2D eigenvalue weighted by molar-refractivity contribution is -0.156. The van der Waals surface area contributed by atoms with Crippen LogP contribution in [0.3, 0.4) is 0 Å². The summed E-state index contributed by atoms with van der Waals surface area (Å²) in [5, 5.41) is 2.74. The zero-order valence-corrected chi connectivity index (χ0v) is 21.1. The Balaban J connectivity index is 2.16. The average molecular weight is 471 g/mol. The number of ether oxygens (including phenoxy) is 1. The van der Waals surface area contributed by atoms with Crippen molar-refractivity contribution in [2.75, 3.05) is 12.3 Å². The third-order valence-corrected chi connectivity index (χ3v) is 5.76. The van der Waals surface area contributed by atoms with Gasteiger partial charge in [-0.2, -0.15) is 0 Å². The van der Waals surface area contributed by atoms with Crippen LogP contribution in [0.2, 0.25) is 0 Å². The van der Waals surface area contributed by atoms with Gasteiger partial charge in [0.2, 0.25) is 0 Å². The highest BCUT2D eigenvalue weighted by molar-refractivity contribution is 8.13. The normalized spacial score (nSPS) is 13.0. The van der Waals surface area contributed by atoms with E-state index in [1.54, 1.807) is 32.6 Å². The molecule has 2 aromatic carbocycles. The molecule has 0 aliphatic rings. The second kappa shape index (κ2) is 11.9. The first kappa shape index (κ1) is 26.5. The molecule has 0 radical (unpaired) electrons. The molecule has 1 N–H and O–H groups in total. The van der Waals surface area contributed by atoms with Crippen LogP contribution in [0.15, 0.2) is 54.6 Å². The molecule has 6 nitrogen and oxygen atoms in total. The molecule has 0 aromatic heterocycles. The van der Waals surface area contributed by atoms with E-state index in [1.807, 2.05) is 49.4 Å². The zero-order valence-electron chi connectivity index (χ0n) is 20.3. The SMILES string of the molecule is CC(=O)SCCN(C(=O)N[C@@H](C)C(=O)OC(C)(C)C)C(C)c1ccc(-c2ccccc2)cc1. The Bertz CT molecular complexity index is 939. The summed E-state index contributed by atoms with van der Waals surface area (Å²) >= 11 is 1.17. The Kier molecular flexibility index (Phi) is 9.53. The minimum Gasteiger partial charge on any atom is -0.458 e. The Morgan fingerprint density at radius 2 is 1.55 bits per heavy atom. The van der Waals surface area contributed by atoms with E-state index in [2.05, 4.69) is 17.4 Å². The van der Waals surface area contributed by atoms with E-state index in [4.69, 9.17) is 4.74 Å². The molecule has 0 aliphatic carbocycles. The largest absolute Gasteiger partial charge is 0.458 e. The van der Waals surface area contributed by atoms with E-state index in [0.717, 1.165) is 16.7 Å². The zero-order chi connectivity index (χ0) is 24.6. The van der Waals surface area contributed by atoms with Gasteiger partial charge in [-0.05, 0) is 51.3 Å². The molecule has 0 heterocycles. The van der Waals surface area contributed by atoms with Crippen LogP contribution in [0.4, 0.5) is 4.79 Å². The van der Waals surface area contributed by atoms with Gasteiger partial charge in [0.25, 0.3) is 0 Å². The summed E-state index contributed by atoms with van der Waals surface area (Å²) in [7, 11) is 0. The topological polar surface area (TPSA) is 75.7 Å². The third kappa shape index (κ3) is 8.57. The molecule has 0 bridgehead atoms. The predicted molar refractivity (Wildman–Crippen MR) is 134 cm³/mol. The fraction of sp³-hybridized carbons (Fsp3) is 0.423. The maximum absolute atomic E-state index is 13.1. The van der Waals surface area contributed by atoms with Crippen LogP contribution in [0.5, 0.6) is 0 Å². The first-order valence-corrected chi connectivity index (χ1v) is 12.0. The number of rotatable bonds is 8. The smallest absolute Gasteiger partial charge is 0.328 e. The number of urea groups is 1. The summed E-state index contributed by atoms with van der Waals surface area (Å²) in [4.78, 5) is 38.5. The molecule has 178 valence electrons. The summed E-state index contributed by atoms with van der Waals surface area (Å²) in [6.07, 6.45) is 0. The third-order valence-electron chi connectivity index (χ3n) is 4.97. The van der Waals surface area contributed by atoms with Gasteiger partial charge < -0.3 is 15.0 Å². The van der Waals surface area contributed by atoms with Crippen molar-refractivity contribution in [3.63, 3.8) is 0 Å². The van der Waals surface area contributed by atoms with Crippen molar-refractivity contribution in [1.29, 1.82) is 0 Å². The van der Waals surface area contributed by atoms with E-state index in [1.165, 1.54) is 18.7 Å². The molecule has 0 saturated heterocycles. The molecule has 2 aromatic rings. The van der Waals surface area contributed by atoms with Crippen LogP contribution in [0.1, 0.15) is 53.1 Å². The van der Waals surface area contributed by atoms with Gasteiger partial charge in [0, 0.05) is 19.2 Å². The van der Waals surface area contributed by atoms with Crippen molar-refractivity contribution in [2.24, 2.45) is 0 Å². The summed E-state index contributed by atoms with van der Waals surface area (Å²) in [6, 6.07) is 16.7. The number of benzene rings is 2. The van der Waals surface area contributed by atoms with Crippen LogP contribution >= 0.6 is 11.8 Å². The van der Waals surface area contributed by atoms with Gasteiger partial charge in [-0.3, -0.25) is 4.79 Å². The molecule has 2 amide bonds. The molecule has 0 spiro atoms. The summed E-state index contributed by atoms with van der Waals surface area (Å²) in [5.41, 5.74) is 2.54. The number of thioether (sulfide) groups is 1. The van der Waals surface area contributed by atoms with Crippen molar-refractivity contribution in [3.05, 3.63) is 60.2 Å². The van der Waals surface area contributed by atoms with Crippen LogP contribution < -0.4 is 5.32 Å². The minimum absolute atomic E-state index is 0.00246. The van der Waals surface area contributed by atoms with Gasteiger partial charge in [-0.1, -0.05) is 66.4 Å². The van der Waals surface area contributed by atoms with Crippen molar-refractivity contribution >= 4 is 28.9 Å². The first-order valence-electron chi connectivity index (χ1n) is 11.1. The summed E-state index contributed by atoms with van der Waals surface area (Å²) in [5.74, 6) is -0.0236. The van der Waals surface area contributed by atoms with Crippen LogP contribution in [-0.4, -0.2) is 46.0 Å². The average Bonchev–Trinajstić information content (AvgIpc) is 2.75. The van der Waals surface area contributed by atoms with Crippen molar-refractivity contribution in [2.45, 2.75) is 59.2 Å². The maximum Gasteiger partial charge on any atom is 0.328 e. The second-order valence-electron chi connectivity index (χ2n) is 8.90. The van der Waals surface area contributed by atoms with Gasteiger partial charge in [-0.15, -0.1) is 0 Å². The lowest BCUT2D eigenvalue weighted by Crippen LogP contribution is -2.49. The highest BCUT2D eigenvalue weighted by Crippen LogP contribution is 2.25. The molecular formula is C26H34N2O4S. The Hall–Kier alpha value is -2.80. The number of esters is 1. The van der Waals surface area contributed by atoms with Crippen molar-refractivity contribution in [1.82, 2.24) is 10.2 Å². The quantitative estimate of drug-likeness (QED) is 0.520.